The molecular weight excluding hydrogens is 166 g/mol. The molecule has 3 nitrogen and oxygen atoms in total. The molecule has 0 N–H and O–H groups in total. The molecule has 0 aliphatic rings. The largest absolute Gasteiger partial charge is 0.492 e. The van der Waals surface area contributed by atoms with Crippen LogP contribution in [0.4, 0.5) is 0 Å². The Hall–Kier alpha value is -1.38. The molecule has 0 amide bonds. The molecule has 1 heterocycles. The van der Waals surface area contributed by atoms with E-state index in [2.05, 4.69) is 4.98 Å². The van der Waals surface area contributed by atoms with Crippen LogP contribution in [0.25, 0.3) is 0 Å². The van der Waals surface area contributed by atoms with Gasteiger partial charge in [-0.15, -0.1) is 0 Å². The third kappa shape index (κ3) is 3.23. The van der Waals surface area contributed by atoms with Gasteiger partial charge >= 0.3 is 0 Å². The monoisotopic (exact) mass is 179 g/mol. The number of carbonyl (C=O) groups is 1. The van der Waals surface area contributed by atoms with E-state index in [1.54, 1.807) is 12.4 Å². The molecule has 0 aliphatic heterocycles. The highest BCUT2D eigenvalue weighted by Crippen LogP contribution is 2.11. The summed E-state index contributed by atoms with van der Waals surface area (Å²) in [6, 6.07) is 1.84. The number of ether oxygens (including phenoxy) is 1. The number of aromatic nitrogens is 1. The van der Waals surface area contributed by atoms with Crippen molar-refractivity contribution in [1.29, 1.82) is 0 Å². The van der Waals surface area contributed by atoms with Crippen molar-refractivity contribution in [3.05, 3.63) is 24.0 Å². The predicted octanol–water partition coefficient (Wildman–Crippen LogP) is 1.61. The number of aldehydes is 1. The molecule has 0 saturated carbocycles. The zero-order valence-electron chi connectivity index (χ0n) is 7.69. The molecule has 0 atom stereocenters. The van der Waals surface area contributed by atoms with Gasteiger partial charge in [-0.3, -0.25) is 4.98 Å². The SMILES string of the molecule is CCCOc1cncc(CC=O)c1. The van der Waals surface area contributed by atoms with Crippen LogP contribution < -0.4 is 4.74 Å². The van der Waals surface area contributed by atoms with Gasteiger partial charge < -0.3 is 9.53 Å². The standard InChI is InChI=1S/C10H13NO2/c1-2-5-13-10-6-9(3-4-12)7-11-8-10/h4,6-8H,2-3,5H2,1H3. The van der Waals surface area contributed by atoms with Gasteiger partial charge in [0.05, 0.1) is 12.8 Å². The van der Waals surface area contributed by atoms with Crippen molar-refractivity contribution in [2.24, 2.45) is 0 Å². The normalized spacial score (nSPS) is 9.62. The molecule has 1 rings (SSSR count). The van der Waals surface area contributed by atoms with Crippen LogP contribution in [-0.2, 0) is 11.2 Å². The van der Waals surface area contributed by atoms with Crippen molar-refractivity contribution in [2.75, 3.05) is 6.61 Å². The molecule has 1 aromatic heterocycles. The van der Waals surface area contributed by atoms with Crippen LogP contribution in [0.15, 0.2) is 18.5 Å². The van der Waals surface area contributed by atoms with Crippen LogP contribution in [-0.4, -0.2) is 17.9 Å². The van der Waals surface area contributed by atoms with Gasteiger partial charge in [0.15, 0.2) is 0 Å². The Kier molecular flexibility index (Phi) is 3.96. The van der Waals surface area contributed by atoms with Crippen molar-refractivity contribution < 1.29 is 9.53 Å². The number of pyridine rings is 1. The van der Waals surface area contributed by atoms with Gasteiger partial charge in [0.2, 0.25) is 0 Å². The summed E-state index contributed by atoms with van der Waals surface area (Å²) in [7, 11) is 0. The molecule has 0 unspecified atom stereocenters. The first-order valence-electron chi connectivity index (χ1n) is 4.37. The molecule has 0 saturated heterocycles. The lowest BCUT2D eigenvalue weighted by atomic mass is 10.2. The third-order valence-corrected chi connectivity index (χ3v) is 1.56. The molecule has 3 heteroatoms. The molecule has 0 spiro atoms. The van der Waals surface area contributed by atoms with Crippen LogP contribution in [0.2, 0.25) is 0 Å². The van der Waals surface area contributed by atoms with E-state index in [4.69, 9.17) is 4.74 Å². The maximum Gasteiger partial charge on any atom is 0.137 e. The molecular formula is C10H13NO2. The van der Waals surface area contributed by atoms with Crippen molar-refractivity contribution in [1.82, 2.24) is 4.98 Å². The summed E-state index contributed by atoms with van der Waals surface area (Å²) >= 11 is 0. The summed E-state index contributed by atoms with van der Waals surface area (Å²) < 4.78 is 5.36. The second-order valence-electron chi connectivity index (χ2n) is 2.75. The van der Waals surface area contributed by atoms with Crippen molar-refractivity contribution in [2.45, 2.75) is 19.8 Å². The summed E-state index contributed by atoms with van der Waals surface area (Å²) in [5.41, 5.74) is 0.892. The Bertz CT molecular complexity index is 273. The predicted molar refractivity (Wildman–Crippen MR) is 49.8 cm³/mol. The van der Waals surface area contributed by atoms with Gasteiger partial charge in [-0.2, -0.15) is 0 Å². The third-order valence-electron chi connectivity index (χ3n) is 1.56. The molecule has 0 radical (unpaired) electrons. The van der Waals surface area contributed by atoms with Gasteiger partial charge in [0.1, 0.15) is 12.0 Å². The van der Waals surface area contributed by atoms with Gasteiger partial charge in [-0.1, -0.05) is 6.92 Å². The van der Waals surface area contributed by atoms with Crippen LogP contribution >= 0.6 is 0 Å². The van der Waals surface area contributed by atoms with E-state index in [1.807, 2.05) is 13.0 Å². The molecule has 70 valence electrons. The quantitative estimate of drug-likeness (QED) is 0.644. The minimum atomic E-state index is 0.399. The number of carbonyl (C=O) groups excluding carboxylic acids is 1. The minimum absolute atomic E-state index is 0.399. The summed E-state index contributed by atoms with van der Waals surface area (Å²) in [5, 5.41) is 0. The molecule has 0 aliphatic carbocycles. The lowest BCUT2D eigenvalue weighted by Gasteiger charge is -2.04. The molecule has 0 aromatic carbocycles. The Morgan fingerprint density at radius 2 is 2.38 bits per heavy atom. The Balaban J connectivity index is 2.61. The summed E-state index contributed by atoms with van der Waals surface area (Å²) in [5.74, 6) is 0.737. The number of nitrogens with zero attached hydrogens (tertiary/aromatic N) is 1. The fourth-order valence-corrected chi connectivity index (χ4v) is 0.970. The van der Waals surface area contributed by atoms with E-state index in [-0.39, 0.29) is 0 Å². The lowest BCUT2D eigenvalue weighted by Crippen LogP contribution is -1.96. The average Bonchev–Trinajstić information content (AvgIpc) is 2.16. The summed E-state index contributed by atoms with van der Waals surface area (Å²) in [6.45, 7) is 2.73. The number of hydrogen-bond acceptors (Lipinski definition) is 3. The number of hydrogen-bond donors (Lipinski definition) is 0. The molecule has 1 aromatic rings. The second-order valence-corrected chi connectivity index (χ2v) is 2.75. The highest BCUT2D eigenvalue weighted by atomic mass is 16.5. The first-order chi connectivity index (χ1) is 6.36. The zero-order chi connectivity index (χ0) is 9.52. The first kappa shape index (κ1) is 9.71. The van der Waals surface area contributed by atoms with Crippen LogP contribution in [0.5, 0.6) is 5.75 Å². The van der Waals surface area contributed by atoms with Gasteiger partial charge in [-0.05, 0) is 18.1 Å². The smallest absolute Gasteiger partial charge is 0.137 e. The summed E-state index contributed by atoms with van der Waals surface area (Å²) in [6.07, 6.45) is 5.56. The summed E-state index contributed by atoms with van der Waals surface area (Å²) in [4.78, 5) is 14.2. The van der Waals surface area contributed by atoms with E-state index in [9.17, 15) is 4.79 Å². The van der Waals surface area contributed by atoms with Crippen LogP contribution in [0, 0.1) is 0 Å². The van der Waals surface area contributed by atoms with E-state index in [1.165, 1.54) is 0 Å². The van der Waals surface area contributed by atoms with Crippen molar-refractivity contribution in [3.63, 3.8) is 0 Å². The first-order valence-corrected chi connectivity index (χ1v) is 4.37. The van der Waals surface area contributed by atoms with Gasteiger partial charge in [0.25, 0.3) is 0 Å². The van der Waals surface area contributed by atoms with E-state index in [0.29, 0.717) is 13.0 Å². The Morgan fingerprint density at radius 1 is 1.54 bits per heavy atom. The lowest BCUT2D eigenvalue weighted by molar-refractivity contribution is -0.107. The Morgan fingerprint density at radius 3 is 3.08 bits per heavy atom. The second kappa shape index (κ2) is 5.30. The van der Waals surface area contributed by atoms with Gasteiger partial charge in [0, 0.05) is 12.6 Å². The highest BCUT2D eigenvalue weighted by Gasteiger charge is 1.96. The van der Waals surface area contributed by atoms with E-state index >= 15 is 0 Å². The van der Waals surface area contributed by atoms with E-state index < -0.39 is 0 Å². The van der Waals surface area contributed by atoms with Crippen molar-refractivity contribution >= 4 is 6.29 Å². The fourth-order valence-electron chi connectivity index (χ4n) is 0.970. The van der Waals surface area contributed by atoms with Crippen LogP contribution in [0.1, 0.15) is 18.9 Å². The van der Waals surface area contributed by atoms with Gasteiger partial charge in [-0.25, -0.2) is 0 Å². The number of rotatable bonds is 5. The van der Waals surface area contributed by atoms with E-state index in [0.717, 1.165) is 24.0 Å². The fraction of sp³-hybridized carbons (Fsp3) is 0.400. The maximum atomic E-state index is 10.2. The molecule has 13 heavy (non-hydrogen) atoms. The molecule has 0 fully saturated rings. The molecule has 0 bridgehead atoms. The van der Waals surface area contributed by atoms with Crippen LogP contribution in [0.3, 0.4) is 0 Å². The highest BCUT2D eigenvalue weighted by molar-refractivity contribution is 5.54. The van der Waals surface area contributed by atoms with Crippen molar-refractivity contribution in [3.8, 4) is 5.75 Å². The Labute approximate surface area is 77.8 Å². The minimum Gasteiger partial charge on any atom is -0.492 e. The zero-order valence-corrected chi connectivity index (χ0v) is 7.69. The average molecular weight is 179 g/mol. The topological polar surface area (TPSA) is 39.2 Å². The maximum absolute atomic E-state index is 10.2.